The average Bonchev–Trinajstić information content (AvgIpc) is 2.99. The van der Waals surface area contributed by atoms with Gasteiger partial charge in [-0.25, -0.2) is 18.4 Å². The molecule has 1 fully saturated rings. The Bertz CT molecular complexity index is 625. The van der Waals surface area contributed by atoms with Crippen molar-refractivity contribution in [3.63, 3.8) is 0 Å². The summed E-state index contributed by atoms with van der Waals surface area (Å²) >= 11 is 0. The molecule has 2 amide bonds. The van der Waals surface area contributed by atoms with Crippen LogP contribution in [0.1, 0.15) is 30.9 Å². The van der Waals surface area contributed by atoms with Crippen LogP contribution in [0.5, 0.6) is 0 Å². The number of rotatable bonds is 6. The lowest BCUT2D eigenvalue weighted by Gasteiger charge is -2.20. The van der Waals surface area contributed by atoms with Crippen molar-refractivity contribution in [3.05, 3.63) is 35.4 Å². The molecule has 1 aromatic rings. The predicted molar refractivity (Wildman–Crippen MR) is 87.1 cm³/mol. The average molecular weight is 341 g/mol. The molecular weight excluding hydrogens is 318 g/mol. The van der Waals surface area contributed by atoms with Crippen molar-refractivity contribution < 1.29 is 17.9 Å². The second kappa shape index (κ2) is 7.76. The molecule has 8 heteroatoms. The summed E-state index contributed by atoms with van der Waals surface area (Å²) in [5, 5.41) is 10.6. The Morgan fingerprint density at radius 2 is 2.00 bits per heavy atom. The molecule has 1 aliphatic heterocycles. The predicted octanol–water partition coefficient (Wildman–Crippen LogP) is 0.842. The molecule has 1 heterocycles. The maximum Gasteiger partial charge on any atom is 0.315 e. The summed E-state index contributed by atoms with van der Waals surface area (Å²) in [6.45, 7) is 3.04. The molecule has 2 rings (SSSR count). The number of carbonyl (C=O) groups is 1. The molecule has 1 saturated heterocycles. The maximum absolute atomic E-state index is 11.9. The number of hydrogen-bond donors (Lipinski definition) is 3. The quantitative estimate of drug-likeness (QED) is 0.712. The van der Waals surface area contributed by atoms with E-state index in [1.165, 1.54) is 0 Å². The Balaban J connectivity index is 1.77. The lowest BCUT2D eigenvalue weighted by molar-refractivity contribution is 0.0860. The van der Waals surface area contributed by atoms with Gasteiger partial charge in [-0.15, -0.1) is 0 Å². The van der Waals surface area contributed by atoms with E-state index in [9.17, 15) is 13.2 Å². The third kappa shape index (κ3) is 6.17. The molecular formula is C15H23N3O4S. The summed E-state index contributed by atoms with van der Waals surface area (Å²) in [6, 6.07) is 6.63. The first-order valence-corrected chi connectivity index (χ1v) is 9.29. The molecule has 4 N–H and O–H groups in total. The lowest BCUT2D eigenvalue weighted by atomic mass is 10.1. The van der Waals surface area contributed by atoms with Crippen molar-refractivity contribution in [2.75, 3.05) is 6.61 Å². The van der Waals surface area contributed by atoms with Crippen LogP contribution in [0.2, 0.25) is 0 Å². The molecule has 7 nitrogen and oxygen atoms in total. The first-order valence-electron chi connectivity index (χ1n) is 7.58. The molecule has 2 atom stereocenters. The molecule has 2 unspecified atom stereocenters. The van der Waals surface area contributed by atoms with Gasteiger partial charge in [0, 0.05) is 13.2 Å². The van der Waals surface area contributed by atoms with Crippen molar-refractivity contribution >= 4 is 16.1 Å². The van der Waals surface area contributed by atoms with Crippen molar-refractivity contribution in [1.29, 1.82) is 0 Å². The van der Waals surface area contributed by atoms with E-state index in [0.717, 1.165) is 25.0 Å². The standard InChI is InChI=1S/C15H23N3O4S/c1-11(14-3-2-8-22-14)18-15(19)17-9-12-4-6-13(7-5-12)10-23(16,20)21/h4-7,11,14H,2-3,8-10H2,1H3,(H2,16,20,21)(H2,17,18,19). The highest BCUT2D eigenvalue weighted by molar-refractivity contribution is 7.88. The smallest absolute Gasteiger partial charge is 0.315 e. The van der Waals surface area contributed by atoms with E-state index in [-0.39, 0.29) is 23.9 Å². The Morgan fingerprint density at radius 1 is 1.35 bits per heavy atom. The van der Waals surface area contributed by atoms with Gasteiger partial charge in [-0.05, 0) is 30.9 Å². The second-order valence-electron chi connectivity index (χ2n) is 5.79. The monoisotopic (exact) mass is 341 g/mol. The first-order chi connectivity index (χ1) is 10.8. The third-order valence-corrected chi connectivity index (χ3v) is 4.46. The van der Waals surface area contributed by atoms with Gasteiger partial charge in [0.25, 0.3) is 0 Å². The second-order valence-corrected chi connectivity index (χ2v) is 7.41. The zero-order chi connectivity index (χ0) is 16.9. The summed E-state index contributed by atoms with van der Waals surface area (Å²) in [4.78, 5) is 11.9. The number of primary sulfonamides is 1. The van der Waals surface area contributed by atoms with Gasteiger partial charge in [0.05, 0.1) is 17.9 Å². The van der Waals surface area contributed by atoms with Gasteiger partial charge < -0.3 is 15.4 Å². The SMILES string of the molecule is CC(NC(=O)NCc1ccc(CS(N)(=O)=O)cc1)C1CCCO1. The molecule has 0 spiro atoms. The van der Waals surface area contributed by atoms with Crippen LogP contribution >= 0.6 is 0 Å². The summed E-state index contributed by atoms with van der Waals surface area (Å²) in [5.74, 6) is -0.194. The van der Waals surface area contributed by atoms with E-state index in [2.05, 4.69) is 10.6 Å². The number of urea groups is 1. The van der Waals surface area contributed by atoms with Crippen LogP contribution in [-0.2, 0) is 27.1 Å². The number of hydrogen-bond acceptors (Lipinski definition) is 4. The minimum absolute atomic E-state index is 0.0327. The highest BCUT2D eigenvalue weighted by Crippen LogP contribution is 2.15. The van der Waals surface area contributed by atoms with Crippen LogP contribution in [0.3, 0.4) is 0 Å². The van der Waals surface area contributed by atoms with Crippen LogP contribution in [0.4, 0.5) is 4.79 Å². The molecule has 23 heavy (non-hydrogen) atoms. The number of amides is 2. The van der Waals surface area contributed by atoms with E-state index >= 15 is 0 Å². The highest BCUT2D eigenvalue weighted by Gasteiger charge is 2.23. The molecule has 0 bridgehead atoms. The summed E-state index contributed by atoms with van der Waals surface area (Å²) in [5.41, 5.74) is 1.50. The maximum atomic E-state index is 11.9. The largest absolute Gasteiger partial charge is 0.376 e. The van der Waals surface area contributed by atoms with Crippen LogP contribution in [0.25, 0.3) is 0 Å². The van der Waals surface area contributed by atoms with E-state index < -0.39 is 10.0 Å². The summed E-state index contributed by atoms with van der Waals surface area (Å²) < 4.78 is 27.6. The molecule has 0 saturated carbocycles. The summed E-state index contributed by atoms with van der Waals surface area (Å²) in [6.07, 6.45) is 2.08. The zero-order valence-corrected chi connectivity index (χ0v) is 13.9. The number of nitrogens with two attached hydrogens (primary N) is 1. The van der Waals surface area contributed by atoms with Crippen molar-refractivity contribution in [3.8, 4) is 0 Å². The Morgan fingerprint density at radius 3 is 2.57 bits per heavy atom. The fraction of sp³-hybridized carbons (Fsp3) is 0.533. The first kappa shape index (κ1) is 17.7. The molecule has 128 valence electrons. The molecule has 1 aromatic carbocycles. The Kier molecular flexibility index (Phi) is 5.97. The van der Waals surface area contributed by atoms with Crippen LogP contribution in [-0.4, -0.2) is 33.2 Å². The van der Waals surface area contributed by atoms with Gasteiger partial charge in [0.2, 0.25) is 10.0 Å². The van der Waals surface area contributed by atoms with E-state index in [4.69, 9.17) is 9.88 Å². The number of nitrogens with one attached hydrogen (secondary N) is 2. The van der Waals surface area contributed by atoms with Crippen LogP contribution < -0.4 is 15.8 Å². The Labute approximate surface area is 136 Å². The topological polar surface area (TPSA) is 111 Å². The number of carbonyl (C=O) groups excluding carboxylic acids is 1. The van der Waals surface area contributed by atoms with Crippen molar-refractivity contribution in [2.45, 2.75) is 44.2 Å². The molecule has 0 aliphatic carbocycles. The van der Waals surface area contributed by atoms with Gasteiger partial charge >= 0.3 is 6.03 Å². The number of benzene rings is 1. The Hall–Kier alpha value is -1.64. The van der Waals surface area contributed by atoms with Crippen molar-refractivity contribution in [2.24, 2.45) is 5.14 Å². The van der Waals surface area contributed by atoms with Crippen LogP contribution in [0.15, 0.2) is 24.3 Å². The van der Waals surface area contributed by atoms with Crippen LogP contribution in [0, 0.1) is 0 Å². The van der Waals surface area contributed by atoms with Gasteiger partial charge in [-0.1, -0.05) is 24.3 Å². The van der Waals surface area contributed by atoms with E-state index in [1.54, 1.807) is 24.3 Å². The molecule has 0 radical (unpaired) electrons. The van der Waals surface area contributed by atoms with Gasteiger partial charge in [-0.2, -0.15) is 0 Å². The number of ether oxygens (including phenoxy) is 1. The minimum Gasteiger partial charge on any atom is -0.376 e. The zero-order valence-electron chi connectivity index (χ0n) is 13.1. The van der Waals surface area contributed by atoms with E-state index in [1.807, 2.05) is 6.92 Å². The fourth-order valence-electron chi connectivity index (χ4n) is 2.52. The van der Waals surface area contributed by atoms with E-state index in [0.29, 0.717) is 12.1 Å². The summed E-state index contributed by atoms with van der Waals surface area (Å²) in [7, 11) is -3.53. The lowest BCUT2D eigenvalue weighted by Crippen LogP contribution is -2.45. The van der Waals surface area contributed by atoms with Gasteiger partial charge in [-0.3, -0.25) is 0 Å². The number of sulfonamides is 1. The fourth-order valence-corrected chi connectivity index (χ4v) is 3.17. The molecule has 0 aromatic heterocycles. The minimum atomic E-state index is -3.53. The molecule has 1 aliphatic rings. The highest BCUT2D eigenvalue weighted by atomic mass is 32.2. The normalized spacial score (nSPS) is 19.3. The van der Waals surface area contributed by atoms with Gasteiger partial charge in [0.1, 0.15) is 0 Å². The third-order valence-electron chi connectivity index (χ3n) is 3.73. The van der Waals surface area contributed by atoms with Gasteiger partial charge in [0.15, 0.2) is 0 Å². The van der Waals surface area contributed by atoms with Crippen molar-refractivity contribution in [1.82, 2.24) is 10.6 Å².